The third kappa shape index (κ3) is 3.11. The second kappa shape index (κ2) is 7.23. The summed E-state index contributed by atoms with van der Waals surface area (Å²) in [6, 6.07) is 11.8. The van der Waals surface area contributed by atoms with E-state index >= 15 is 0 Å². The van der Waals surface area contributed by atoms with Gasteiger partial charge >= 0.3 is 0 Å². The average molecular weight is 434 g/mol. The van der Waals surface area contributed by atoms with E-state index in [1.54, 1.807) is 25.0 Å². The van der Waals surface area contributed by atoms with E-state index in [0.717, 1.165) is 34.1 Å². The van der Waals surface area contributed by atoms with Crippen LogP contribution in [0.25, 0.3) is 34.0 Å². The summed E-state index contributed by atoms with van der Waals surface area (Å²) in [5, 5.41) is 0. The van der Waals surface area contributed by atoms with Gasteiger partial charge < -0.3 is 0 Å². The number of aromatic nitrogens is 10. The molecule has 0 aliphatic heterocycles. The number of hydrogen-bond acceptors (Lipinski definition) is 8. The third-order valence-electron chi connectivity index (χ3n) is 5.67. The lowest BCUT2D eigenvalue weighted by molar-refractivity contribution is 0.591. The van der Waals surface area contributed by atoms with Crippen LogP contribution in [-0.2, 0) is 5.41 Å². The van der Waals surface area contributed by atoms with Crippen LogP contribution in [0.1, 0.15) is 25.2 Å². The molecular weight excluding hydrogens is 416 g/mol. The second-order valence-corrected chi connectivity index (χ2v) is 8.08. The fourth-order valence-electron chi connectivity index (χ4n) is 3.81. The molecule has 0 fully saturated rings. The van der Waals surface area contributed by atoms with Crippen LogP contribution in [0.4, 0.5) is 0 Å². The average Bonchev–Trinajstić information content (AvgIpc) is 3.49. The molecule has 0 bridgehead atoms. The third-order valence-corrected chi connectivity index (χ3v) is 5.67. The summed E-state index contributed by atoms with van der Waals surface area (Å²) in [5.41, 5.74) is 4.13. The van der Waals surface area contributed by atoms with Crippen LogP contribution < -0.4 is 0 Å². The minimum absolute atomic E-state index is 0.469. The lowest BCUT2D eigenvalue weighted by atomic mass is 9.84. The molecule has 0 amide bonds. The Morgan fingerprint density at radius 2 is 1.12 bits per heavy atom. The van der Waals surface area contributed by atoms with Crippen molar-refractivity contribution in [1.82, 2.24) is 49.0 Å². The van der Waals surface area contributed by atoms with Crippen molar-refractivity contribution in [1.29, 1.82) is 0 Å². The topological polar surface area (TPSA) is 113 Å². The largest absolute Gasteiger partial charge is 0.267 e. The first-order valence-electron chi connectivity index (χ1n) is 10.3. The molecule has 0 unspecified atom stereocenters. The van der Waals surface area contributed by atoms with E-state index < -0.39 is 5.41 Å². The molecule has 160 valence electrons. The number of nitrogens with zero attached hydrogens (tertiary/aromatic N) is 10. The van der Waals surface area contributed by atoms with Crippen molar-refractivity contribution in [2.45, 2.75) is 19.3 Å². The van der Waals surface area contributed by atoms with Crippen molar-refractivity contribution in [3.05, 3.63) is 85.5 Å². The van der Waals surface area contributed by atoms with E-state index in [9.17, 15) is 0 Å². The molecule has 0 aliphatic carbocycles. The van der Waals surface area contributed by atoms with Crippen molar-refractivity contribution in [3.63, 3.8) is 0 Å². The second-order valence-electron chi connectivity index (χ2n) is 8.08. The first-order valence-corrected chi connectivity index (χ1v) is 10.3. The molecule has 33 heavy (non-hydrogen) atoms. The summed E-state index contributed by atoms with van der Waals surface area (Å²) in [6.07, 6.45) is 9.81. The van der Waals surface area contributed by atoms with E-state index in [1.807, 2.05) is 45.5 Å². The van der Waals surface area contributed by atoms with Gasteiger partial charge in [0, 0.05) is 5.41 Å². The molecule has 0 spiro atoms. The Balaban J connectivity index is 1.42. The smallest absolute Gasteiger partial charge is 0.168 e. The number of pyridine rings is 2. The van der Waals surface area contributed by atoms with E-state index in [0.29, 0.717) is 11.3 Å². The Morgan fingerprint density at radius 1 is 0.636 bits per heavy atom. The molecular formula is C23H18N10. The molecule has 6 aromatic rings. The van der Waals surface area contributed by atoms with Crippen LogP contribution in [0.5, 0.6) is 0 Å². The Labute approximate surface area is 188 Å². The fraction of sp³-hybridized carbons (Fsp3) is 0.130. The first-order chi connectivity index (χ1) is 16.1. The molecule has 0 aromatic carbocycles. The fourth-order valence-corrected chi connectivity index (χ4v) is 3.81. The van der Waals surface area contributed by atoms with E-state index in [2.05, 4.69) is 43.8 Å². The van der Waals surface area contributed by atoms with E-state index in [-0.39, 0.29) is 0 Å². The van der Waals surface area contributed by atoms with E-state index in [1.165, 1.54) is 12.7 Å². The summed E-state index contributed by atoms with van der Waals surface area (Å²) < 4.78 is 3.72. The zero-order valence-corrected chi connectivity index (χ0v) is 17.9. The first kappa shape index (κ1) is 19.1. The molecule has 6 heterocycles. The summed E-state index contributed by atoms with van der Waals surface area (Å²) >= 11 is 0. The predicted molar refractivity (Wildman–Crippen MR) is 121 cm³/mol. The molecule has 0 N–H and O–H groups in total. The highest BCUT2D eigenvalue weighted by Crippen LogP contribution is 2.30. The molecule has 10 heteroatoms. The van der Waals surface area contributed by atoms with Crippen molar-refractivity contribution in [2.75, 3.05) is 0 Å². The standard InChI is InChI=1S/C23H18N10/c1-23(2,17-5-3-7-19(30-17)32-13-28-15-9-24-11-26-21(15)32)18-6-4-8-20(31-18)33-14-29-16-10-25-12-27-22(16)33/h3-14H,1-2H3. The number of rotatable bonds is 4. The SMILES string of the molecule is CC(C)(c1cccc(-n2cnc3cncnc32)n1)c1cccc(-n2cnc3cncnc32)n1. The maximum absolute atomic E-state index is 4.94. The van der Waals surface area contributed by atoms with Gasteiger partial charge in [0.05, 0.1) is 23.8 Å². The maximum Gasteiger partial charge on any atom is 0.168 e. The minimum atomic E-state index is -0.469. The molecule has 0 aliphatic rings. The summed E-state index contributed by atoms with van der Waals surface area (Å²) in [7, 11) is 0. The van der Waals surface area contributed by atoms with Crippen molar-refractivity contribution in [3.8, 4) is 11.6 Å². The van der Waals surface area contributed by atoms with Crippen molar-refractivity contribution >= 4 is 22.3 Å². The van der Waals surface area contributed by atoms with Crippen LogP contribution in [0.3, 0.4) is 0 Å². The summed E-state index contributed by atoms with van der Waals surface area (Å²) in [5.74, 6) is 1.46. The molecule has 10 nitrogen and oxygen atoms in total. The van der Waals surface area contributed by atoms with Gasteiger partial charge in [-0.15, -0.1) is 0 Å². The van der Waals surface area contributed by atoms with Crippen LogP contribution in [0.15, 0.2) is 74.1 Å². The van der Waals surface area contributed by atoms with Gasteiger partial charge in [0.15, 0.2) is 11.3 Å². The Hall–Kier alpha value is -4.60. The van der Waals surface area contributed by atoms with Gasteiger partial charge in [-0.25, -0.2) is 39.9 Å². The highest BCUT2D eigenvalue weighted by atomic mass is 15.2. The molecule has 0 saturated heterocycles. The Kier molecular flexibility index (Phi) is 4.19. The molecule has 0 saturated carbocycles. The highest BCUT2D eigenvalue weighted by Gasteiger charge is 2.27. The van der Waals surface area contributed by atoms with Crippen LogP contribution in [-0.4, -0.2) is 49.0 Å². The molecule has 0 atom stereocenters. The summed E-state index contributed by atoms with van der Waals surface area (Å²) in [6.45, 7) is 4.21. The Bertz CT molecular complexity index is 1490. The van der Waals surface area contributed by atoms with E-state index in [4.69, 9.17) is 9.97 Å². The van der Waals surface area contributed by atoms with Gasteiger partial charge in [-0.2, -0.15) is 0 Å². The van der Waals surface area contributed by atoms with Gasteiger partial charge in [-0.1, -0.05) is 12.1 Å². The predicted octanol–water partition coefficient (Wildman–Crippen LogP) is 3.06. The highest BCUT2D eigenvalue weighted by molar-refractivity contribution is 5.71. The number of hydrogen-bond donors (Lipinski definition) is 0. The monoisotopic (exact) mass is 434 g/mol. The van der Waals surface area contributed by atoms with Crippen LogP contribution >= 0.6 is 0 Å². The molecule has 6 rings (SSSR count). The van der Waals surface area contributed by atoms with Gasteiger partial charge in [0.2, 0.25) is 0 Å². The molecule has 6 aromatic heterocycles. The molecule has 0 radical (unpaired) electrons. The maximum atomic E-state index is 4.94. The number of fused-ring (bicyclic) bond motifs is 2. The summed E-state index contributed by atoms with van der Waals surface area (Å²) in [4.78, 5) is 35.4. The van der Waals surface area contributed by atoms with Crippen LogP contribution in [0, 0.1) is 0 Å². The zero-order valence-electron chi connectivity index (χ0n) is 17.9. The minimum Gasteiger partial charge on any atom is -0.267 e. The number of imidazole rings is 2. The van der Waals surface area contributed by atoms with Crippen molar-refractivity contribution in [2.24, 2.45) is 0 Å². The zero-order chi connectivity index (χ0) is 22.4. The van der Waals surface area contributed by atoms with Gasteiger partial charge in [0.1, 0.15) is 48.0 Å². The van der Waals surface area contributed by atoms with Gasteiger partial charge in [-0.05, 0) is 38.1 Å². The quantitative estimate of drug-likeness (QED) is 0.416. The van der Waals surface area contributed by atoms with Gasteiger partial charge in [-0.3, -0.25) is 9.13 Å². The lowest BCUT2D eigenvalue weighted by Gasteiger charge is -2.24. The lowest BCUT2D eigenvalue weighted by Crippen LogP contribution is -2.23. The normalized spacial score (nSPS) is 11.9. The Morgan fingerprint density at radius 3 is 1.61 bits per heavy atom. The van der Waals surface area contributed by atoms with Gasteiger partial charge in [0.25, 0.3) is 0 Å². The van der Waals surface area contributed by atoms with Crippen molar-refractivity contribution < 1.29 is 0 Å². The van der Waals surface area contributed by atoms with Crippen LogP contribution in [0.2, 0.25) is 0 Å².